The van der Waals surface area contributed by atoms with Gasteiger partial charge in [0.05, 0.1) is 0 Å². The molecule has 0 radical (unpaired) electrons. The van der Waals surface area contributed by atoms with Crippen LogP contribution in [0.3, 0.4) is 0 Å². The molecule has 0 bridgehead atoms. The molecule has 2 aromatic heterocycles. The van der Waals surface area contributed by atoms with Gasteiger partial charge in [-0.2, -0.15) is 0 Å². The average molecular weight is 301 g/mol. The van der Waals surface area contributed by atoms with Crippen LogP contribution in [-0.4, -0.2) is 4.98 Å². The highest BCUT2D eigenvalue weighted by molar-refractivity contribution is 5.78. The second kappa shape index (κ2) is 5.02. The predicted octanol–water partition coefficient (Wildman–Crippen LogP) is 4.07. The van der Waals surface area contributed by atoms with Crippen molar-refractivity contribution in [2.45, 2.75) is 27.2 Å². The van der Waals surface area contributed by atoms with Gasteiger partial charge >= 0.3 is 0 Å². The van der Waals surface area contributed by atoms with Crippen molar-refractivity contribution in [3.63, 3.8) is 0 Å². The number of fused-ring (bicyclic) bond motifs is 3. The quantitative estimate of drug-likeness (QED) is 0.484. The van der Waals surface area contributed by atoms with E-state index in [2.05, 4.69) is 67.8 Å². The van der Waals surface area contributed by atoms with E-state index in [1.54, 1.807) is 0 Å². The lowest BCUT2D eigenvalue weighted by Gasteiger charge is -2.10. The third-order valence-corrected chi connectivity index (χ3v) is 5.03. The molecule has 0 saturated carbocycles. The van der Waals surface area contributed by atoms with E-state index in [1.807, 2.05) is 12.4 Å². The summed E-state index contributed by atoms with van der Waals surface area (Å²) in [5.74, 6) is 0. The maximum atomic E-state index is 4.32. The Hall–Kier alpha value is -2.48. The summed E-state index contributed by atoms with van der Waals surface area (Å²) in [5.41, 5.74) is 12.0. The molecule has 2 heterocycles. The van der Waals surface area contributed by atoms with E-state index < -0.39 is 0 Å². The fourth-order valence-corrected chi connectivity index (χ4v) is 3.69. The molecule has 4 rings (SSSR count). The first-order chi connectivity index (χ1) is 11.0. The van der Waals surface area contributed by atoms with Gasteiger partial charge in [0, 0.05) is 41.6 Å². The molecule has 2 heteroatoms. The van der Waals surface area contributed by atoms with Crippen molar-refractivity contribution < 1.29 is 4.57 Å². The molecule has 3 aromatic rings. The molecular formula is C21H21N2+. The lowest BCUT2D eigenvalue weighted by molar-refractivity contribution is -0.660. The van der Waals surface area contributed by atoms with Crippen LogP contribution in [0.2, 0.25) is 0 Å². The fourth-order valence-electron chi connectivity index (χ4n) is 3.69. The van der Waals surface area contributed by atoms with Crippen LogP contribution in [0.25, 0.3) is 22.4 Å². The molecule has 2 nitrogen and oxygen atoms in total. The minimum Gasteiger partial charge on any atom is -0.264 e. The Balaban J connectivity index is 1.97. The van der Waals surface area contributed by atoms with Crippen molar-refractivity contribution in [2.24, 2.45) is 7.05 Å². The zero-order valence-electron chi connectivity index (χ0n) is 14.1. The third kappa shape index (κ3) is 2.17. The van der Waals surface area contributed by atoms with E-state index >= 15 is 0 Å². The second-order valence-corrected chi connectivity index (χ2v) is 6.67. The third-order valence-electron chi connectivity index (χ3n) is 5.03. The smallest absolute Gasteiger partial charge is 0.213 e. The summed E-state index contributed by atoms with van der Waals surface area (Å²) in [6.07, 6.45) is 7.17. The zero-order chi connectivity index (χ0) is 16.1. The Bertz CT molecular complexity index is 939. The maximum Gasteiger partial charge on any atom is 0.213 e. The summed E-state index contributed by atoms with van der Waals surface area (Å²) in [6.45, 7) is 6.58. The standard InChI is InChI=1S/C21H21N2/c1-13-7-14(2)15(3)18(8-13)21-10-19-17(12-23(21)4)9-16-5-6-22-11-20(16)19/h5-8,10-12H,9H2,1-4H3/q+1. The predicted molar refractivity (Wildman–Crippen MR) is 93.3 cm³/mol. The van der Waals surface area contributed by atoms with Gasteiger partial charge in [-0.05, 0) is 55.2 Å². The molecular weight excluding hydrogens is 280 g/mol. The highest BCUT2D eigenvalue weighted by atomic mass is 14.9. The van der Waals surface area contributed by atoms with E-state index in [-0.39, 0.29) is 0 Å². The Morgan fingerprint density at radius 1 is 0.957 bits per heavy atom. The molecule has 0 aliphatic heterocycles. The molecule has 1 aliphatic rings. The van der Waals surface area contributed by atoms with Crippen molar-refractivity contribution >= 4 is 0 Å². The van der Waals surface area contributed by atoms with Crippen LogP contribution < -0.4 is 4.57 Å². The molecule has 0 N–H and O–H groups in total. The summed E-state index contributed by atoms with van der Waals surface area (Å²) in [5, 5.41) is 0. The van der Waals surface area contributed by atoms with E-state index in [1.165, 1.54) is 50.2 Å². The lowest BCUT2D eigenvalue weighted by Crippen LogP contribution is -2.31. The van der Waals surface area contributed by atoms with Gasteiger partial charge in [-0.15, -0.1) is 0 Å². The van der Waals surface area contributed by atoms with Crippen molar-refractivity contribution in [3.05, 3.63) is 70.7 Å². The van der Waals surface area contributed by atoms with Gasteiger partial charge in [0.25, 0.3) is 0 Å². The van der Waals surface area contributed by atoms with Gasteiger partial charge in [0.1, 0.15) is 7.05 Å². The Labute approximate surface area is 137 Å². The van der Waals surface area contributed by atoms with Gasteiger partial charge in [-0.3, -0.25) is 4.98 Å². The van der Waals surface area contributed by atoms with Crippen molar-refractivity contribution in [2.75, 3.05) is 0 Å². The van der Waals surface area contributed by atoms with Crippen LogP contribution in [-0.2, 0) is 13.5 Å². The molecule has 0 saturated heterocycles. The Morgan fingerprint density at radius 3 is 2.61 bits per heavy atom. The van der Waals surface area contributed by atoms with Crippen molar-refractivity contribution in [1.29, 1.82) is 0 Å². The molecule has 1 aromatic carbocycles. The van der Waals surface area contributed by atoms with E-state index in [4.69, 9.17) is 0 Å². The molecule has 0 fully saturated rings. The molecule has 0 amide bonds. The largest absolute Gasteiger partial charge is 0.264 e. The van der Waals surface area contributed by atoms with Crippen molar-refractivity contribution in [3.8, 4) is 22.4 Å². The summed E-state index contributed by atoms with van der Waals surface area (Å²) in [7, 11) is 2.15. The Kier molecular flexibility index (Phi) is 3.08. The van der Waals surface area contributed by atoms with Crippen LogP contribution in [0, 0.1) is 20.8 Å². The minimum absolute atomic E-state index is 1.01. The SMILES string of the molecule is Cc1cc(C)c(C)c(-c2cc3c(c[n+]2C)Cc2ccncc2-3)c1. The molecule has 0 spiro atoms. The molecule has 23 heavy (non-hydrogen) atoms. The van der Waals surface area contributed by atoms with Gasteiger partial charge in [0.15, 0.2) is 6.20 Å². The van der Waals surface area contributed by atoms with Crippen molar-refractivity contribution in [1.82, 2.24) is 4.98 Å². The number of aryl methyl sites for hydroxylation is 3. The van der Waals surface area contributed by atoms with Gasteiger partial charge in [-0.1, -0.05) is 11.6 Å². The topological polar surface area (TPSA) is 16.8 Å². The lowest BCUT2D eigenvalue weighted by atomic mass is 9.96. The molecule has 1 aliphatic carbocycles. The average Bonchev–Trinajstić information content (AvgIpc) is 2.87. The summed E-state index contributed by atoms with van der Waals surface area (Å²) in [6, 6.07) is 9.02. The van der Waals surface area contributed by atoms with Gasteiger partial charge in [0.2, 0.25) is 5.69 Å². The number of benzene rings is 1. The minimum atomic E-state index is 1.01. The first-order valence-electron chi connectivity index (χ1n) is 8.08. The van der Waals surface area contributed by atoms with Gasteiger partial charge in [-0.25, -0.2) is 4.57 Å². The molecule has 0 unspecified atom stereocenters. The van der Waals surface area contributed by atoms with Crippen LogP contribution in [0.5, 0.6) is 0 Å². The number of aromatic nitrogens is 2. The first-order valence-corrected chi connectivity index (χ1v) is 8.08. The first kappa shape index (κ1) is 14.1. The summed E-state index contributed by atoms with van der Waals surface area (Å²) < 4.78 is 2.26. The highest BCUT2D eigenvalue weighted by Crippen LogP contribution is 2.37. The molecule has 114 valence electrons. The summed E-state index contributed by atoms with van der Waals surface area (Å²) in [4.78, 5) is 4.32. The van der Waals surface area contributed by atoms with E-state index in [0.29, 0.717) is 0 Å². The van der Waals surface area contributed by atoms with E-state index in [0.717, 1.165) is 6.42 Å². The fraction of sp³-hybridized carbons (Fsp3) is 0.238. The number of nitrogens with zero attached hydrogens (tertiary/aromatic N) is 2. The van der Waals surface area contributed by atoms with E-state index in [9.17, 15) is 0 Å². The molecule has 0 atom stereocenters. The highest BCUT2D eigenvalue weighted by Gasteiger charge is 2.25. The van der Waals surface area contributed by atoms with Crippen LogP contribution in [0.4, 0.5) is 0 Å². The number of hydrogen-bond donors (Lipinski definition) is 0. The monoisotopic (exact) mass is 301 g/mol. The number of pyridine rings is 2. The van der Waals surface area contributed by atoms with Crippen LogP contribution >= 0.6 is 0 Å². The van der Waals surface area contributed by atoms with Gasteiger partial charge < -0.3 is 0 Å². The summed E-state index contributed by atoms with van der Waals surface area (Å²) >= 11 is 0. The van der Waals surface area contributed by atoms with Crippen LogP contribution in [0.1, 0.15) is 27.8 Å². The zero-order valence-corrected chi connectivity index (χ0v) is 14.1. The number of hydrogen-bond acceptors (Lipinski definition) is 1. The van der Waals surface area contributed by atoms with Crippen LogP contribution in [0.15, 0.2) is 42.9 Å². The second-order valence-electron chi connectivity index (χ2n) is 6.67. The number of rotatable bonds is 1. The Morgan fingerprint density at radius 2 is 1.78 bits per heavy atom. The maximum absolute atomic E-state index is 4.32. The normalized spacial score (nSPS) is 12.2.